The summed E-state index contributed by atoms with van der Waals surface area (Å²) >= 11 is 1.42. The van der Waals surface area contributed by atoms with E-state index < -0.39 is 0 Å². The molecule has 7 heteroatoms. The van der Waals surface area contributed by atoms with Crippen LogP contribution < -0.4 is 10.6 Å². The molecular formula is C12H20ClN3O2S. The molecule has 1 heterocycles. The summed E-state index contributed by atoms with van der Waals surface area (Å²) in [6.07, 6.45) is 0. The first kappa shape index (κ1) is 17.9. The zero-order valence-electron chi connectivity index (χ0n) is 11.4. The number of thiophene rings is 1. The first-order valence-corrected chi connectivity index (χ1v) is 6.59. The van der Waals surface area contributed by atoms with Crippen molar-refractivity contribution in [2.24, 2.45) is 0 Å². The van der Waals surface area contributed by atoms with Gasteiger partial charge in [-0.2, -0.15) is 0 Å². The zero-order valence-corrected chi connectivity index (χ0v) is 13.0. The Balaban J connectivity index is 0.00000324. The van der Waals surface area contributed by atoms with E-state index in [1.54, 1.807) is 18.0 Å². The number of likely N-dealkylation sites (N-methyl/N-ethyl adjacent to an activating group) is 2. The molecule has 0 unspecified atom stereocenters. The normalized spacial score (nSPS) is 9.63. The van der Waals surface area contributed by atoms with Gasteiger partial charge in [0.25, 0.3) is 5.91 Å². The van der Waals surface area contributed by atoms with Gasteiger partial charge in [-0.25, -0.2) is 0 Å². The highest BCUT2D eigenvalue weighted by atomic mass is 35.5. The SMILES string of the molecule is CNCCN(C)C(=O)c1ccc(CNC(C)=O)s1.Cl. The number of rotatable bonds is 6. The van der Waals surface area contributed by atoms with Crippen LogP contribution in [0.2, 0.25) is 0 Å². The first-order chi connectivity index (χ1) is 8.54. The van der Waals surface area contributed by atoms with E-state index in [9.17, 15) is 9.59 Å². The Morgan fingerprint density at radius 1 is 1.37 bits per heavy atom. The second kappa shape index (κ2) is 8.90. The molecule has 0 atom stereocenters. The number of carbonyl (C=O) groups excluding carboxylic acids is 2. The number of nitrogens with zero attached hydrogens (tertiary/aromatic N) is 1. The fraction of sp³-hybridized carbons (Fsp3) is 0.500. The monoisotopic (exact) mass is 305 g/mol. The van der Waals surface area contributed by atoms with Crippen molar-refractivity contribution in [2.45, 2.75) is 13.5 Å². The summed E-state index contributed by atoms with van der Waals surface area (Å²) in [5, 5.41) is 5.72. The summed E-state index contributed by atoms with van der Waals surface area (Å²) in [6.45, 7) is 3.40. The Morgan fingerprint density at radius 2 is 2.05 bits per heavy atom. The molecule has 0 aromatic carbocycles. The minimum Gasteiger partial charge on any atom is -0.351 e. The molecule has 0 spiro atoms. The molecule has 1 rings (SSSR count). The van der Waals surface area contributed by atoms with E-state index in [0.29, 0.717) is 18.0 Å². The summed E-state index contributed by atoms with van der Waals surface area (Å²) < 4.78 is 0. The molecule has 1 aromatic rings. The maximum atomic E-state index is 12.0. The maximum absolute atomic E-state index is 12.0. The van der Waals surface area contributed by atoms with Crippen LogP contribution in [0.5, 0.6) is 0 Å². The van der Waals surface area contributed by atoms with Crippen LogP contribution >= 0.6 is 23.7 Å². The molecule has 0 fully saturated rings. The first-order valence-electron chi connectivity index (χ1n) is 5.77. The summed E-state index contributed by atoms with van der Waals surface area (Å²) in [5.41, 5.74) is 0. The van der Waals surface area contributed by atoms with Crippen molar-refractivity contribution >= 4 is 35.6 Å². The standard InChI is InChI=1S/C12H19N3O2S.ClH/c1-9(16)14-8-10-4-5-11(18-10)12(17)15(3)7-6-13-2;/h4-5,13H,6-8H2,1-3H3,(H,14,16);1H. The highest BCUT2D eigenvalue weighted by molar-refractivity contribution is 7.14. The second-order valence-electron chi connectivity index (χ2n) is 4.01. The van der Waals surface area contributed by atoms with Crippen LogP contribution in [0.25, 0.3) is 0 Å². The minimum absolute atomic E-state index is 0. The molecular weight excluding hydrogens is 286 g/mol. The van der Waals surface area contributed by atoms with Gasteiger partial charge in [0, 0.05) is 31.9 Å². The van der Waals surface area contributed by atoms with Crippen LogP contribution in [0, 0.1) is 0 Å². The van der Waals surface area contributed by atoms with E-state index in [-0.39, 0.29) is 24.2 Å². The quantitative estimate of drug-likeness (QED) is 0.827. The molecule has 2 amide bonds. The van der Waals surface area contributed by atoms with Gasteiger partial charge in [0.2, 0.25) is 5.91 Å². The smallest absolute Gasteiger partial charge is 0.263 e. The van der Waals surface area contributed by atoms with E-state index >= 15 is 0 Å². The molecule has 5 nitrogen and oxygen atoms in total. The number of amides is 2. The number of halogens is 1. The summed E-state index contributed by atoms with van der Waals surface area (Å²) in [4.78, 5) is 26.2. The van der Waals surface area contributed by atoms with Gasteiger partial charge in [-0.05, 0) is 19.2 Å². The van der Waals surface area contributed by atoms with E-state index in [1.807, 2.05) is 13.1 Å². The highest BCUT2D eigenvalue weighted by Crippen LogP contribution is 2.17. The van der Waals surface area contributed by atoms with E-state index in [1.165, 1.54) is 18.3 Å². The van der Waals surface area contributed by atoms with Gasteiger partial charge < -0.3 is 15.5 Å². The third kappa shape index (κ3) is 6.04. The van der Waals surface area contributed by atoms with Crippen molar-refractivity contribution in [3.8, 4) is 0 Å². The Labute approximate surface area is 123 Å². The zero-order chi connectivity index (χ0) is 13.5. The average Bonchev–Trinajstić information content (AvgIpc) is 2.81. The molecule has 0 aliphatic rings. The topological polar surface area (TPSA) is 61.4 Å². The number of nitrogens with one attached hydrogen (secondary N) is 2. The number of hydrogen-bond donors (Lipinski definition) is 2. The molecule has 0 saturated heterocycles. The highest BCUT2D eigenvalue weighted by Gasteiger charge is 2.13. The molecule has 0 saturated carbocycles. The Hall–Kier alpha value is -1.11. The van der Waals surface area contributed by atoms with Crippen molar-refractivity contribution in [3.63, 3.8) is 0 Å². The fourth-order valence-corrected chi connectivity index (χ4v) is 2.31. The minimum atomic E-state index is -0.0672. The molecule has 1 aromatic heterocycles. The lowest BCUT2D eigenvalue weighted by atomic mass is 10.3. The summed E-state index contributed by atoms with van der Waals surface area (Å²) in [5.74, 6) is -0.0493. The maximum Gasteiger partial charge on any atom is 0.263 e. The van der Waals surface area contributed by atoms with Crippen LogP contribution in [0.4, 0.5) is 0 Å². The largest absolute Gasteiger partial charge is 0.351 e. The van der Waals surface area contributed by atoms with Crippen LogP contribution in [-0.4, -0.2) is 43.9 Å². The molecule has 0 aliphatic carbocycles. The Bertz CT molecular complexity index is 423. The number of hydrogen-bond acceptors (Lipinski definition) is 4. The molecule has 108 valence electrons. The summed E-state index contributed by atoms with van der Waals surface area (Å²) in [6, 6.07) is 3.68. The predicted molar refractivity (Wildman–Crippen MR) is 80.0 cm³/mol. The Kier molecular flexibility index (Phi) is 8.38. The third-order valence-corrected chi connectivity index (χ3v) is 3.50. The average molecular weight is 306 g/mol. The van der Waals surface area contributed by atoms with Crippen LogP contribution in [-0.2, 0) is 11.3 Å². The van der Waals surface area contributed by atoms with Gasteiger partial charge in [0.05, 0.1) is 11.4 Å². The fourth-order valence-electron chi connectivity index (χ4n) is 1.37. The van der Waals surface area contributed by atoms with Crippen molar-refractivity contribution in [3.05, 3.63) is 21.9 Å². The lowest BCUT2D eigenvalue weighted by molar-refractivity contribution is -0.119. The lowest BCUT2D eigenvalue weighted by Gasteiger charge is -2.15. The van der Waals surface area contributed by atoms with Gasteiger partial charge in [0.1, 0.15) is 0 Å². The van der Waals surface area contributed by atoms with E-state index in [0.717, 1.165) is 11.4 Å². The second-order valence-corrected chi connectivity index (χ2v) is 5.17. The van der Waals surface area contributed by atoms with Crippen LogP contribution in [0.15, 0.2) is 12.1 Å². The summed E-state index contributed by atoms with van der Waals surface area (Å²) in [7, 11) is 3.64. The van der Waals surface area contributed by atoms with Crippen molar-refractivity contribution in [1.82, 2.24) is 15.5 Å². The van der Waals surface area contributed by atoms with Gasteiger partial charge in [-0.3, -0.25) is 9.59 Å². The van der Waals surface area contributed by atoms with Gasteiger partial charge in [-0.15, -0.1) is 23.7 Å². The molecule has 0 bridgehead atoms. The molecule has 0 radical (unpaired) electrons. The van der Waals surface area contributed by atoms with Crippen molar-refractivity contribution < 1.29 is 9.59 Å². The number of carbonyl (C=O) groups is 2. The van der Waals surface area contributed by atoms with Gasteiger partial charge in [0.15, 0.2) is 0 Å². The van der Waals surface area contributed by atoms with Crippen LogP contribution in [0.1, 0.15) is 21.5 Å². The van der Waals surface area contributed by atoms with Gasteiger partial charge in [-0.1, -0.05) is 0 Å². The van der Waals surface area contributed by atoms with Crippen molar-refractivity contribution in [1.29, 1.82) is 0 Å². The van der Waals surface area contributed by atoms with Crippen molar-refractivity contribution in [2.75, 3.05) is 27.2 Å². The van der Waals surface area contributed by atoms with E-state index in [2.05, 4.69) is 10.6 Å². The van der Waals surface area contributed by atoms with E-state index in [4.69, 9.17) is 0 Å². The lowest BCUT2D eigenvalue weighted by Crippen LogP contribution is -2.32. The molecule has 0 aliphatic heterocycles. The molecule has 19 heavy (non-hydrogen) atoms. The predicted octanol–water partition coefficient (Wildman–Crippen LogP) is 1.10. The Morgan fingerprint density at radius 3 is 2.63 bits per heavy atom. The third-order valence-electron chi connectivity index (χ3n) is 2.43. The van der Waals surface area contributed by atoms with Crippen LogP contribution in [0.3, 0.4) is 0 Å². The molecule has 2 N–H and O–H groups in total. The van der Waals surface area contributed by atoms with Gasteiger partial charge >= 0.3 is 0 Å².